The van der Waals surface area contributed by atoms with Gasteiger partial charge in [0.25, 0.3) is 5.91 Å². The molecule has 0 bridgehead atoms. The number of hydrogen-bond donors (Lipinski definition) is 1. The molecule has 0 aromatic heterocycles. The van der Waals surface area contributed by atoms with Gasteiger partial charge in [-0.25, -0.2) is 9.40 Å². The van der Waals surface area contributed by atoms with Crippen LogP contribution in [-0.4, -0.2) is 54.3 Å². The predicted molar refractivity (Wildman–Crippen MR) is 144 cm³/mol. The van der Waals surface area contributed by atoms with Crippen molar-refractivity contribution in [2.24, 2.45) is 0 Å². The molecule has 2 aliphatic rings. The van der Waals surface area contributed by atoms with Crippen LogP contribution in [0.2, 0.25) is 0 Å². The molecule has 0 saturated heterocycles. The van der Waals surface area contributed by atoms with Crippen LogP contribution in [0.4, 0.5) is 10.1 Å². The summed E-state index contributed by atoms with van der Waals surface area (Å²) >= 11 is 0. The largest absolute Gasteiger partial charge is 0.355 e. The van der Waals surface area contributed by atoms with E-state index in [1.165, 1.54) is 12.1 Å². The molecule has 0 atom stereocenters. The van der Waals surface area contributed by atoms with Gasteiger partial charge in [-0.2, -0.15) is 0 Å². The van der Waals surface area contributed by atoms with Crippen molar-refractivity contribution in [2.45, 2.75) is 66.5 Å². The lowest BCUT2D eigenvalue weighted by Gasteiger charge is -2.32. The van der Waals surface area contributed by atoms with Crippen molar-refractivity contribution in [2.75, 3.05) is 31.6 Å². The van der Waals surface area contributed by atoms with Gasteiger partial charge >= 0.3 is 0 Å². The van der Waals surface area contributed by atoms with Gasteiger partial charge in [-0.15, -0.1) is 0 Å². The maximum atomic E-state index is 13.7. The number of hydrogen-bond acceptors (Lipinski definition) is 5. The van der Waals surface area contributed by atoms with Crippen molar-refractivity contribution < 1.29 is 18.8 Å². The highest BCUT2D eigenvalue weighted by molar-refractivity contribution is 6.01. The molecule has 37 heavy (non-hydrogen) atoms. The summed E-state index contributed by atoms with van der Waals surface area (Å²) in [5.41, 5.74) is 5.23. The zero-order valence-electron chi connectivity index (χ0n) is 21.4. The van der Waals surface area contributed by atoms with E-state index >= 15 is 0 Å². The van der Waals surface area contributed by atoms with E-state index in [9.17, 15) is 18.8 Å². The first-order chi connectivity index (χ1) is 17.3. The highest BCUT2D eigenvalue weighted by Crippen LogP contribution is 2.31. The van der Waals surface area contributed by atoms with Gasteiger partial charge in [-0.3, -0.25) is 19.4 Å². The van der Waals surface area contributed by atoms with Crippen LogP contribution < -0.4 is 10.2 Å². The summed E-state index contributed by atoms with van der Waals surface area (Å²) in [7, 11) is 1.71. The Kier molecular flexibility index (Phi) is 9.43. The number of nitrogens with zero attached hydrogens (tertiary/aromatic N) is 3. The molecule has 200 valence electrons. The van der Waals surface area contributed by atoms with Crippen molar-refractivity contribution >= 4 is 23.3 Å². The Bertz CT molecular complexity index is 1170. The van der Waals surface area contributed by atoms with Crippen LogP contribution in [0.3, 0.4) is 0 Å². The van der Waals surface area contributed by atoms with Crippen molar-refractivity contribution in [1.29, 1.82) is 0 Å². The Morgan fingerprint density at radius 3 is 2.54 bits per heavy atom. The highest BCUT2D eigenvalue weighted by Gasteiger charge is 2.28. The minimum atomic E-state index is -0.286. The summed E-state index contributed by atoms with van der Waals surface area (Å²) in [5, 5.41) is 6.41. The lowest BCUT2D eigenvalue weighted by molar-refractivity contribution is -0.145. The standard InChI is InChI=1S/C28H35FN4O3.CH4/c1-4-5-6-11-30-27(35)17-32(25-14-20-8-10-26(34)24(20)12-19(25)2)18-28(36)31(3)33-15-21-7-9-23(29)13-22(21)16-33;/h7,9,12-14H,4-6,8,10-11,15-18H2,1-3H3,(H,30,35);1H4. The lowest BCUT2D eigenvalue weighted by Crippen LogP contribution is -2.48. The van der Waals surface area contributed by atoms with Crippen molar-refractivity contribution in [3.63, 3.8) is 0 Å². The van der Waals surface area contributed by atoms with Gasteiger partial charge in [0.1, 0.15) is 5.82 Å². The Hall–Kier alpha value is -3.26. The SMILES string of the molecule is C.CCCCCNC(=O)CN(CC(=O)N(C)N1Cc2ccc(F)cc2C1)c1cc2c(cc1C)C(=O)CC2. The van der Waals surface area contributed by atoms with E-state index < -0.39 is 0 Å². The topological polar surface area (TPSA) is 73.0 Å². The Morgan fingerprint density at radius 2 is 1.78 bits per heavy atom. The number of carbonyl (C=O) groups is 3. The van der Waals surface area contributed by atoms with Gasteiger partial charge in [0, 0.05) is 44.4 Å². The number of fused-ring (bicyclic) bond motifs is 2. The zero-order valence-corrected chi connectivity index (χ0v) is 21.4. The molecule has 0 spiro atoms. The van der Waals surface area contributed by atoms with Crippen molar-refractivity contribution in [1.82, 2.24) is 15.3 Å². The van der Waals surface area contributed by atoms with Crippen LogP contribution in [0.25, 0.3) is 0 Å². The fraction of sp³-hybridized carbons (Fsp3) is 0.483. The molecule has 1 heterocycles. The van der Waals surface area contributed by atoms with Crippen LogP contribution >= 0.6 is 0 Å². The molecule has 0 saturated carbocycles. The number of nitrogens with one attached hydrogen (secondary N) is 1. The number of hydrazine groups is 1. The second kappa shape index (κ2) is 12.3. The number of rotatable bonds is 10. The van der Waals surface area contributed by atoms with E-state index in [4.69, 9.17) is 0 Å². The monoisotopic (exact) mass is 510 g/mol. The number of carbonyl (C=O) groups excluding carboxylic acids is 3. The maximum Gasteiger partial charge on any atom is 0.256 e. The van der Waals surface area contributed by atoms with Crippen LogP contribution in [0.1, 0.15) is 72.6 Å². The number of amides is 2. The number of benzene rings is 2. The Balaban J connectivity index is 0.00000380. The summed E-state index contributed by atoms with van der Waals surface area (Å²) in [6, 6.07) is 8.55. The van der Waals surface area contributed by atoms with E-state index in [2.05, 4.69) is 12.2 Å². The molecule has 0 radical (unpaired) electrons. The first-order valence-corrected chi connectivity index (χ1v) is 12.7. The molecule has 0 fully saturated rings. The maximum absolute atomic E-state index is 13.7. The van der Waals surface area contributed by atoms with Crippen molar-refractivity contribution in [3.8, 4) is 0 Å². The zero-order chi connectivity index (χ0) is 25.8. The third kappa shape index (κ3) is 6.55. The van der Waals surface area contributed by atoms with E-state index in [1.54, 1.807) is 23.0 Å². The smallest absolute Gasteiger partial charge is 0.256 e. The predicted octanol–water partition coefficient (Wildman–Crippen LogP) is 4.40. The second-order valence-electron chi connectivity index (χ2n) is 9.79. The average molecular weight is 511 g/mol. The number of halogens is 1. The minimum Gasteiger partial charge on any atom is -0.355 e. The molecule has 1 aliphatic carbocycles. The van der Waals surface area contributed by atoms with Gasteiger partial charge in [0.05, 0.1) is 13.1 Å². The lowest BCUT2D eigenvalue weighted by atomic mass is 10.0. The number of ketones is 1. The first-order valence-electron chi connectivity index (χ1n) is 12.7. The molecular weight excluding hydrogens is 471 g/mol. The minimum absolute atomic E-state index is 0. The van der Waals surface area contributed by atoms with Crippen LogP contribution in [-0.2, 0) is 29.1 Å². The highest BCUT2D eigenvalue weighted by atomic mass is 19.1. The van der Waals surface area contributed by atoms with Gasteiger partial charge in [-0.1, -0.05) is 33.3 Å². The number of anilines is 1. The molecular formula is C29H39FN4O3. The quantitative estimate of drug-likeness (QED) is 0.480. The molecule has 2 aromatic rings. The van der Waals surface area contributed by atoms with Gasteiger partial charge in [-0.05, 0) is 66.3 Å². The fourth-order valence-electron chi connectivity index (χ4n) is 4.97. The third-order valence-electron chi connectivity index (χ3n) is 7.11. The van der Waals surface area contributed by atoms with E-state index in [0.29, 0.717) is 32.5 Å². The summed E-state index contributed by atoms with van der Waals surface area (Å²) in [6.45, 7) is 5.66. The number of likely N-dealkylation sites (N-methyl/N-ethyl adjacent to an activating group) is 1. The van der Waals surface area contributed by atoms with Gasteiger partial charge in [0.15, 0.2) is 5.78 Å². The van der Waals surface area contributed by atoms with Crippen molar-refractivity contribution in [3.05, 3.63) is 64.0 Å². The molecule has 8 heteroatoms. The fourth-order valence-corrected chi connectivity index (χ4v) is 4.97. The number of aryl methyl sites for hydroxylation is 2. The second-order valence-corrected chi connectivity index (χ2v) is 9.79. The molecule has 2 aromatic carbocycles. The molecule has 0 unspecified atom stereocenters. The Labute approximate surface area is 219 Å². The normalized spacial score (nSPS) is 14.1. The molecule has 7 nitrogen and oxygen atoms in total. The van der Waals surface area contributed by atoms with Gasteiger partial charge < -0.3 is 10.2 Å². The summed E-state index contributed by atoms with van der Waals surface area (Å²) in [6.07, 6.45) is 4.21. The van der Waals surface area contributed by atoms with Gasteiger partial charge in [0.2, 0.25) is 5.91 Å². The molecule has 1 aliphatic heterocycles. The van der Waals surface area contributed by atoms with Crippen LogP contribution in [0, 0.1) is 12.7 Å². The van der Waals surface area contributed by atoms with Crippen LogP contribution in [0.5, 0.6) is 0 Å². The van der Waals surface area contributed by atoms with E-state index in [0.717, 1.165) is 52.8 Å². The molecule has 4 rings (SSSR count). The van der Waals surface area contributed by atoms with E-state index in [1.807, 2.05) is 24.1 Å². The summed E-state index contributed by atoms with van der Waals surface area (Å²) in [5.74, 6) is -0.452. The Morgan fingerprint density at radius 1 is 1.03 bits per heavy atom. The molecule has 1 N–H and O–H groups in total. The molecule has 2 amide bonds. The number of Topliss-reactive ketones (excluding diaryl/α,β-unsaturated/α-hetero) is 1. The first kappa shape index (κ1) is 28.3. The summed E-state index contributed by atoms with van der Waals surface area (Å²) < 4.78 is 13.7. The summed E-state index contributed by atoms with van der Waals surface area (Å²) in [4.78, 5) is 40.2. The third-order valence-corrected chi connectivity index (χ3v) is 7.11. The van der Waals surface area contributed by atoms with E-state index in [-0.39, 0.29) is 43.9 Å². The van der Waals surface area contributed by atoms with Crippen LogP contribution in [0.15, 0.2) is 30.3 Å². The number of unbranched alkanes of at least 4 members (excludes halogenated alkanes) is 2. The average Bonchev–Trinajstić information content (AvgIpc) is 3.43.